The van der Waals surface area contributed by atoms with Crippen molar-refractivity contribution in [3.63, 3.8) is 0 Å². The number of aromatic nitrogens is 1. The van der Waals surface area contributed by atoms with Crippen molar-refractivity contribution in [1.29, 1.82) is 0 Å². The molecule has 2 heterocycles. The second-order valence-corrected chi connectivity index (χ2v) is 8.83. The van der Waals surface area contributed by atoms with Crippen molar-refractivity contribution >= 4 is 38.5 Å². The highest BCUT2D eigenvalue weighted by Gasteiger charge is 2.35. The van der Waals surface area contributed by atoms with E-state index in [1.165, 1.54) is 18.0 Å². The van der Waals surface area contributed by atoms with Crippen molar-refractivity contribution in [2.24, 2.45) is 5.10 Å². The van der Waals surface area contributed by atoms with Crippen LogP contribution in [0.25, 0.3) is 22.0 Å². The van der Waals surface area contributed by atoms with Crippen molar-refractivity contribution in [3.8, 4) is 11.1 Å². The number of rotatable bonds is 3. The summed E-state index contributed by atoms with van der Waals surface area (Å²) in [5.74, 6) is -0.732. The maximum atomic E-state index is 14.6. The first-order chi connectivity index (χ1) is 15.9. The Labute approximate surface area is 197 Å². The molecule has 0 saturated heterocycles. The summed E-state index contributed by atoms with van der Waals surface area (Å²) in [6, 6.07) is 21.0. The van der Waals surface area contributed by atoms with E-state index in [-0.39, 0.29) is 17.9 Å². The molecular formula is C26H19BrFN3O2. The van der Waals surface area contributed by atoms with Crippen LogP contribution in [0.5, 0.6) is 0 Å². The minimum Gasteiger partial charge on any atom is -0.321 e. The van der Waals surface area contributed by atoms with E-state index in [2.05, 4.69) is 26.0 Å². The van der Waals surface area contributed by atoms with Gasteiger partial charge < -0.3 is 4.98 Å². The molecule has 164 valence electrons. The van der Waals surface area contributed by atoms with Gasteiger partial charge in [0.15, 0.2) is 0 Å². The second kappa shape index (κ2) is 8.41. The molecule has 1 atom stereocenters. The van der Waals surface area contributed by atoms with Crippen LogP contribution in [-0.2, 0) is 4.79 Å². The molecule has 5 rings (SSSR count). The van der Waals surface area contributed by atoms with Crippen LogP contribution < -0.4 is 5.56 Å². The Balaban J connectivity index is 1.76. The van der Waals surface area contributed by atoms with E-state index >= 15 is 0 Å². The predicted molar refractivity (Wildman–Crippen MR) is 131 cm³/mol. The summed E-state index contributed by atoms with van der Waals surface area (Å²) < 4.78 is 15.5. The molecule has 3 aromatic carbocycles. The zero-order valence-corrected chi connectivity index (χ0v) is 19.3. The minimum atomic E-state index is -0.625. The number of hydrazone groups is 1. The Morgan fingerprint density at radius 2 is 1.79 bits per heavy atom. The molecule has 1 N–H and O–H groups in total. The van der Waals surface area contributed by atoms with Crippen molar-refractivity contribution in [1.82, 2.24) is 9.99 Å². The number of amides is 1. The Morgan fingerprint density at radius 1 is 1.06 bits per heavy atom. The molecule has 7 heteroatoms. The lowest BCUT2D eigenvalue weighted by atomic mass is 9.91. The van der Waals surface area contributed by atoms with E-state index in [1.807, 2.05) is 48.5 Å². The number of fused-ring (bicyclic) bond motifs is 1. The maximum absolute atomic E-state index is 14.6. The summed E-state index contributed by atoms with van der Waals surface area (Å²) >= 11 is 3.53. The fourth-order valence-corrected chi connectivity index (χ4v) is 4.75. The normalized spacial score (nSPS) is 15.7. The lowest BCUT2D eigenvalue weighted by Crippen LogP contribution is -2.25. The molecule has 0 spiro atoms. The molecular weight excluding hydrogens is 485 g/mol. The average Bonchev–Trinajstić information content (AvgIpc) is 3.24. The third-order valence-corrected chi connectivity index (χ3v) is 6.32. The molecule has 0 fully saturated rings. The first kappa shape index (κ1) is 21.3. The maximum Gasteiger partial charge on any atom is 0.258 e. The molecule has 0 radical (unpaired) electrons. The number of nitrogens with one attached hydrogen (secondary N) is 1. The molecule has 1 aliphatic heterocycles. The Bertz CT molecular complexity index is 1480. The summed E-state index contributed by atoms with van der Waals surface area (Å²) in [4.78, 5) is 28.7. The van der Waals surface area contributed by atoms with Crippen LogP contribution in [0, 0.1) is 5.82 Å². The number of carbonyl (C=O) groups excluding carboxylic acids is 1. The molecule has 0 unspecified atom stereocenters. The topological polar surface area (TPSA) is 65.5 Å². The number of aromatic amines is 1. The van der Waals surface area contributed by atoms with E-state index in [9.17, 15) is 14.0 Å². The molecule has 33 heavy (non-hydrogen) atoms. The van der Waals surface area contributed by atoms with Gasteiger partial charge in [-0.05, 0) is 29.8 Å². The number of carbonyl (C=O) groups is 1. The lowest BCUT2D eigenvalue weighted by molar-refractivity contribution is -0.130. The van der Waals surface area contributed by atoms with Gasteiger partial charge in [0.2, 0.25) is 5.91 Å². The van der Waals surface area contributed by atoms with Gasteiger partial charge in [-0.15, -0.1) is 0 Å². The number of halogens is 2. The van der Waals surface area contributed by atoms with Gasteiger partial charge in [0, 0.05) is 39.8 Å². The van der Waals surface area contributed by atoms with Crippen molar-refractivity contribution in [2.75, 3.05) is 0 Å². The number of hydrogen-bond donors (Lipinski definition) is 1. The molecule has 0 bridgehead atoms. The van der Waals surface area contributed by atoms with Gasteiger partial charge >= 0.3 is 0 Å². The molecule has 4 aromatic rings. The van der Waals surface area contributed by atoms with Gasteiger partial charge in [0.1, 0.15) is 5.82 Å². The molecule has 5 nitrogen and oxygen atoms in total. The quantitative estimate of drug-likeness (QED) is 0.384. The van der Waals surface area contributed by atoms with Crippen LogP contribution >= 0.6 is 15.9 Å². The van der Waals surface area contributed by atoms with Crippen LogP contribution in [-0.4, -0.2) is 21.6 Å². The highest BCUT2D eigenvalue weighted by Crippen LogP contribution is 2.38. The van der Waals surface area contributed by atoms with Crippen LogP contribution in [0.2, 0.25) is 0 Å². The third kappa shape index (κ3) is 3.78. The SMILES string of the molecule is CC(=O)N1N=C(c2c(-c3ccccc3)c3cc(Br)ccc3[nH]c2=O)C[C@H]1c1ccccc1F. The first-order valence-corrected chi connectivity index (χ1v) is 11.3. The van der Waals surface area contributed by atoms with Crippen LogP contribution in [0.4, 0.5) is 4.39 Å². The van der Waals surface area contributed by atoms with Gasteiger partial charge in [-0.25, -0.2) is 9.40 Å². The summed E-state index contributed by atoms with van der Waals surface area (Å²) in [7, 11) is 0. The Hall–Kier alpha value is -3.58. The number of pyridine rings is 1. The summed E-state index contributed by atoms with van der Waals surface area (Å²) in [6.45, 7) is 1.39. The number of nitrogens with zero attached hydrogens (tertiary/aromatic N) is 2. The minimum absolute atomic E-state index is 0.225. The Morgan fingerprint density at radius 3 is 2.52 bits per heavy atom. The molecule has 1 aliphatic rings. The number of H-pyrrole nitrogens is 1. The van der Waals surface area contributed by atoms with Gasteiger partial charge in [-0.2, -0.15) is 5.10 Å². The van der Waals surface area contributed by atoms with E-state index in [0.29, 0.717) is 22.4 Å². The molecule has 0 aliphatic carbocycles. The van der Waals surface area contributed by atoms with Gasteiger partial charge in [-0.3, -0.25) is 9.59 Å². The average molecular weight is 504 g/mol. The highest BCUT2D eigenvalue weighted by molar-refractivity contribution is 9.10. The molecule has 1 amide bonds. The monoisotopic (exact) mass is 503 g/mol. The van der Waals surface area contributed by atoms with Crippen LogP contribution in [0.15, 0.2) is 87.2 Å². The zero-order chi connectivity index (χ0) is 23.1. The summed E-state index contributed by atoms with van der Waals surface area (Å²) in [5.41, 5.74) is 3.17. The molecule has 1 aromatic heterocycles. The van der Waals surface area contributed by atoms with Crippen molar-refractivity contribution in [2.45, 2.75) is 19.4 Å². The van der Waals surface area contributed by atoms with Gasteiger partial charge in [0.25, 0.3) is 5.56 Å². The van der Waals surface area contributed by atoms with E-state index in [0.717, 1.165) is 21.0 Å². The predicted octanol–water partition coefficient (Wildman–Crippen LogP) is 5.79. The fourth-order valence-electron chi connectivity index (χ4n) is 4.38. The number of benzene rings is 3. The second-order valence-electron chi connectivity index (χ2n) is 7.91. The largest absolute Gasteiger partial charge is 0.321 e. The highest BCUT2D eigenvalue weighted by atomic mass is 79.9. The summed E-state index contributed by atoms with van der Waals surface area (Å²) in [6.07, 6.45) is 0.225. The van der Waals surface area contributed by atoms with Crippen molar-refractivity contribution < 1.29 is 9.18 Å². The zero-order valence-electron chi connectivity index (χ0n) is 17.7. The van der Waals surface area contributed by atoms with Crippen LogP contribution in [0.1, 0.15) is 30.5 Å². The van der Waals surface area contributed by atoms with E-state index in [4.69, 9.17) is 0 Å². The van der Waals surface area contributed by atoms with Gasteiger partial charge in [0.05, 0.1) is 17.3 Å². The first-order valence-electron chi connectivity index (χ1n) is 10.5. The smallest absolute Gasteiger partial charge is 0.258 e. The van der Waals surface area contributed by atoms with Gasteiger partial charge in [-0.1, -0.05) is 64.5 Å². The van der Waals surface area contributed by atoms with E-state index < -0.39 is 11.9 Å². The fraction of sp³-hybridized carbons (Fsp3) is 0.115. The Kier molecular flexibility index (Phi) is 5.42. The molecule has 0 saturated carbocycles. The standard InChI is InChI=1S/C26H19BrFN3O2/c1-15(32)31-23(18-9-5-6-10-20(18)28)14-22(30-31)25-24(16-7-3-2-4-8-16)19-13-17(27)11-12-21(19)29-26(25)33/h2-13,23H,14H2,1H3,(H,29,33)/t23-/m0/s1. The lowest BCUT2D eigenvalue weighted by Gasteiger charge is -2.20. The summed E-state index contributed by atoms with van der Waals surface area (Å²) in [5, 5.41) is 6.65. The third-order valence-electron chi connectivity index (χ3n) is 5.82. The van der Waals surface area contributed by atoms with Crippen molar-refractivity contribution in [3.05, 3.63) is 105 Å². The number of hydrogen-bond acceptors (Lipinski definition) is 3. The van der Waals surface area contributed by atoms with Crippen LogP contribution in [0.3, 0.4) is 0 Å². The van der Waals surface area contributed by atoms with E-state index in [1.54, 1.807) is 18.2 Å².